The fourth-order valence-corrected chi connectivity index (χ4v) is 3.76. The van der Waals surface area contributed by atoms with Crippen LogP contribution in [0.25, 0.3) is 4.96 Å². The molecule has 0 spiro atoms. The van der Waals surface area contributed by atoms with Crippen molar-refractivity contribution in [3.63, 3.8) is 0 Å². The molecule has 0 bridgehead atoms. The van der Waals surface area contributed by atoms with Gasteiger partial charge in [0.05, 0.1) is 5.69 Å². The number of aromatic nitrogens is 2. The van der Waals surface area contributed by atoms with Gasteiger partial charge in [0.25, 0.3) is 11.5 Å². The van der Waals surface area contributed by atoms with Gasteiger partial charge in [-0.3, -0.25) is 14.0 Å². The van der Waals surface area contributed by atoms with Crippen molar-refractivity contribution in [1.29, 1.82) is 0 Å². The van der Waals surface area contributed by atoms with E-state index in [0.29, 0.717) is 27.7 Å². The van der Waals surface area contributed by atoms with E-state index in [1.54, 1.807) is 36.5 Å². The summed E-state index contributed by atoms with van der Waals surface area (Å²) in [5.74, 6) is 0.467. The van der Waals surface area contributed by atoms with Crippen molar-refractivity contribution in [3.8, 4) is 5.75 Å². The molecule has 2 aromatic heterocycles. The molecule has 0 saturated heterocycles. The molecule has 1 amide bonds. The second-order valence-corrected chi connectivity index (χ2v) is 7.93. The highest BCUT2D eigenvalue weighted by Gasteiger charge is 2.08. The summed E-state index contributed by atoms with van der Waals surface area (Å²) in [5, 5.41) is 2.87. The molecule has 4 rings (SSSR count). The quantitative estimate of drug-likeness (QED) is 0.540. The van der Waals surface area contributed by atoms with E-state index >= 15 is 0 Å². The molecule has 2 aromatic carbocycles. The van der Waals surface area contributed by atoms with Gasteiger partial charge in [-0.05, 0) is 50.2 Å². The van der Waals surface area contributed by atoms with E-state index in [1.165, 1.54) is 21.8 Å². The van der Waals surface area contributed by atoms with Crippen LogP contribution in [0.1, 0.15) is 26.5 Å². The number of ether oxygens (including phenoxy) is 1. The summed E-state index contributed by atoms with van der Waals surface area (Å²) < 4.78 is 7.28. The van der Waals surface area contributed by atoms with Gasteiger partial charge in [-0.2, -0.15) is 0 Å². The van der Waals surface area contributed by atoms with E-state index in [4.69, 9.17) is 4.74 Å². The third-order valence-electron chi connectivity index (χ3n) is 4.32. The number of thiazole rings is 1. The summed E-state index contributed by atoms with van der Waals surface area (Å²) in [6.07, 6.45) is 1.78. The number of aryl methyl sites for hydroxylation is 2. The van der Waals surface area contributed by atoms with E-state index in [1.807, 2.05) is 32.0 Å². The number of fused-ring (bicyclic) bond motifs is 1. The fourth-order valence-electron chi connectivity index (χ4n) is 2.91. The number of anilines is 1. The first kappa shape index (κ1) is 18.9. The third kappa shape index (κ3) is 4.35. The van der Waals surface area contributed by atoms with Crippen molar-refractivity contribution in [2.45, 2.75) is 20.5 Å². The zero-order chi connectivity index (χ0) is 20.4. The van der Waals surface area contributed by atoms with Crippen LogP contribution in [-0.4, -0.2) is 15.3 Å². The summed E-state index contributed by atoms with van der Waals surface area (Å²) in [5.41, 5.74) is 2.78. The third-order valence-corrected chi connectivity index (χ3v) is 5.21. The van der Waals surface area contributed by atoms with Gasteiger partial charge in [0.15, 0.2) is 4.96 Å². The van der Waals surface area contributed by atoms with Crippen LogP contribution in [-0.2, 0) is 6.61 Å². The van der Waals surface area contributed by atoms with Gasteiger partial charge < -0.3 is 10.1 Å². The van der Waals surface area contributed by atoms with Crippen LogP contribution < -0.4 is 15.6 Å². The minimum absolute atomic E-state index is 0.118. The number of carbonyl (C=O) groups excluding carboxylic acids is 1. The molecule has 0 aliphatic carbocycles. The predicted molar refractivity (Wildman–Crippen MR) is 114 cm³/mol. The molecule has 0 fully saturated rings. The second kappa shape index (κ2) is 7.89. The number of rotatable bonds is 5. The molecule has 0 saturated carbocycles. The lowest BCUT2D eigenvalue weighted by Crippen LogP contribution is -2.14. The maximum atomic E-state index is 12.3. The molecule has 7 heteroatoms. The number of carbonyl (C=O) groups is 1. The van der Waals surface area contributed by atoms with E-state index in [9.17, 15) is 9.59 Å². The number of hydrogen-bond acceptors (Lipinski definition) is 5. The van der Waals surface area contributed by atoms with Crippen molar-refractivity contribution < 1.29 is 9.53 Å². The summed E-state index contributed by atoms with van der Waals surface area (Å²) >= 11 is 1.46. The van der Waals surface area contributed by atoms with Gasteiger partial charge in [-0.1, -0.05) is 17.7 Å². The van der Waals surface area contributed by atoms with Crippen molar-refractivity contribution in [2.75, 3.05) is 5.32 Å². The maximum absolute atomic E-state index is 12.3. The molecule has 0 radical (unpaired) electrons. The topological polar surface area (TPSA) is 72.7 Å². The monoisotopic (exact) mass is 405 g/mol. The highest BCUT2D eigenvalue weighted by atomic mass is 32.1. The zero-order valence-corrected chi connectivity index (χ0v) is 16.8. The summed E-state index contributed by atoms with van der Waals surface area (Å²) in [6, 6.07) is 16.0. The minimum Gasteiger partial charge on any atom is -0.487 e. The van der Waals surface area contributed by atoms with Crippen molar-refractivity contribution in [3.05, 3.63) is 92.8 Å². The number of nitrogens with zero attached hydrogens (tertiary/aromatic N) is 2. The summed E-state index contributed by atoms with van der Waals surface area (Å²) in [4.78, 5) is 30.6. The minimum atomic E-state index is -0.161. The van der Waals surface area contributed by atoms with Gasteiger partial charge in [-0.15, -0.1) is 11.3 Å². The summed E-state index contributed by atoms with van der Waals surface area (Å²) in [6.45, 7) is 4.08. The average molecular weight is 405 g/mol. The van der Waals surface area contributed by atoms with Crippen molar-refractivity contribution in [2.24, 2.45) is 0 Å². The molecule has 4 aromatic rings. The zero-order valence-electron chi connectivity index (χ0n) is 16.0. The largest absolute Gasteiger partial charge is 0.487 e. The lowest BCUT2D eigenvalue weighted by molar-refractivity contribution is 0.102. The van der Waals surface area contributed by atoms with Crippen molar-refractivity contribution in [1.82, 2.24) is 9.38 Å². The lowest BCUT2D eigenvalue weighted by atomic mass is 10.1. The highest BCUT2D eigenvalue weighted by Crippen LogP contribution is 2.18. The molecule has 146 valence electrons. The maximum Gasteiger partial charge on any atom is 0.258 e. The molecule has 0 aliphatic rings. The van der Waals surface area contributed by atoms with Crippen LogP contribution in [0.4, 0.5) is 5.69 Å². The van der Waals surface area contributed by atoms with Crippen molar-refractivity contribution >= 4 is 27.9 Å². The molecule has 0 unspecified atom stereocenters. The lowest BCUT2D eigenvalue weighted by Gasteiger charge is -2.09. The Morgan fingerprint density at radius 1 is 1.14 bits per heavy atom. The molecule has 6 nitrogen and oxygen atoms in total. The molecule has 2 heterocycles. The van der Waals surface area contributed by atoms with Crippen LogP contribution in [0.3, 0.4) is 0 Å². The first-order valence-corrected chi connectivity index (χ1v) is 9.89. The van der Waals surface area contributed by atoms with E-state index in [-0.39, 0.29) is 18.1 Å². The number of hydrogen-bond donors (Lipinski definition) is 1. The van der Waals surface area contributed by atoms with E-state index < -0.39 is 0 Å². The van der Waals surface area contributed by atoms with E-state index in [2.05, 4.69) is 10.3 Å². The Morgan fingerprint density at radius 2 is 1.93 bits per heavy atom. The van der Waals surface area contributed by atoms with Crippen LogP contribution >= 0.6 is 11.3 Å². The van der Waals surface area contributed by atoms with Gasteiger partial charge in [0.2, 0.25) is 0 Å². The Labute approximate surface area is 171 Å². The van der Waals surface area contributed by atoms with Crippen LogP contribution in [0.2, 0.25) is 0 Å². The number of amides is 1. The first-order chi connectivity index (χ1) is 14.0. The molecule has 29 heavy (non-hydrogen) atoms. The molecular weight excluding hydrogens is 386 g/mol. The highest BCUT2D eigenvalue weighted by molar-refractivity contribution is 7.16. The van der Waals surface area contributed by atoms with Gasteiger partial charge in [0, 0.05) is 28.4 Å². The number of benzene rings is 2. The Bertz CT molecular complexity index is 1240. The van der Waals surface area contributed by atoms with Crippen LogP contribution in [0.5, 0.6) is 5.75 Å². The molecular formula is C22H19N3O3S. The van der Waals surface area contributed by atoms with Crippen LogP contribution in [0.15, 0.2) is 65.6 Å². The van der Waals surface area contributed by atoms with Gasteiger partial charge >= 0.3 is 0 Å². The Hall–Kier alpha value is -3.45. The molecule has 0 aliphatic heterocycles. The second-order valence-electron chi connectivity index (χ2n) is 6.72. The standard InChI is InChI=1S/C22H19N3O3S/c1-14-4-3-5-16(10-14)21(27)23-17-6-8-19(9-7-17)28-13-18-11-20(26)25-12-15(2)29-22(25)24-18/h3-12H,13H2,1-2H3,(H,23,27). The Morgan fingerprint density at radius 3 is 2.69 bits per heavy atom. The van der Waals surface area contributed by atoms with Gasteiger partial charge in [-0.25, -0.2) is 4.98 Å². The summed E-state index contributed by atoms with van der Waals surface area (Å²) in [7, 11) is 0. The molecule has 0 atom stereocenters. The first-order valence-electron chi connectivity index (χ1n) is 9.07. The van der Waals surface area contributed by atoms with Crippen LogP contribution in [0, 0.1) is 13.8 Å². The number of nitrogens with one attached hydrogen (secondary N) is 1. The SMILES string of the molecule is Cc1cccc(C(=O)Nc2ccc(OCc3cc(=O)n4cc(C)sc4n3)cc2)c1. The molecule has 1 N–H and O–H groups in total. The van der Waals surface area contributed by atoms with E-state index in [0.717, 1.165) is 10.4 Å². The Balaban J connectivity index is 1.41. The average Bonchev–Trinajstić information content (AvgIpc) is 3.08. The Kier molecular flexibility index (Phi) is 5.14. The normalized spacial score (nSPS) is 10.8. The van der Waals surface area contributed by atoms with Gasteiger partial charge in [0.1, 0.15) is 12.4 Å². The predicted octanol–water partition coefficient (Wildman–Crippen LogP) is 4.20. The smallest absolute Gasteiger partial charge is 0.258 e. The fraction of sp³-hybridized carbons (Fsp3) is 0.136.